The SMILES string of the molecule is CCCN(CCC)CCc1cccc(N=O)c1. The van der Waals surface area contributed by atoms with E-state index in [0.29, 0.717) is 5.69 Å². The second-order valence-corrected chi connectivity index (χ2v) is 4.35. The molecule has 0 heterocycles. The smallest absolute Gasteiger partial charge is 0.108 e. The van der Waals surface area contributed by atoms with Crippen molar-refractivity contribution in [3.63, 3.8) is 0 Å². The minimum absolute atomic E-state index is 0.528. The molecule has 3 heteroatoms. The van der Waals surface area contributed by atoms with E-state index in [4.69, 9.17) is 0 Å². The van der Waals surface area contributed by atoms with E-state index in [1.807, 2.05) is 12.1 Å². The summed E-state index contributed by atoms with van der Waals surface area (Å²) < 4.78 is 0. The highest BCUT2D eigenvalue weighted by molar-refractivity contribution is 5.39. The van der Waals surface area contributed by atoms with Crippen LogP contribution >= 0.6 is 0 Å². The van der Waals surface area contributed by atoms with Gasteiger partial charge in [0.25, 0.3) is 0 Å². The van der Waals surface area contributed by atoms with Crippen molar-refractivity contribution >= 4 is 5.69 Å². The predicted octanol–water partition coefficient (Wildman–Crippen LogP) is 3.75. The number of nitroso groups, excluding NO2 is 1. The van der Waals surface area contributed by atoms with Gasteiger partial charge >= 0.3 is 0 Å². The first-order valence-electron chi connectivity index (χ1n) is 6.44. The van der Waals surface area contributed by atoms with Crippen molar-refractivity contribution in [3.05, 3.63) is 34.7 Å². The summed E-state index contributed by atoms with van der Waals surface area (Å²) in [6, 6.07) is 7.58. The molecular weight excluding hydrogens is 212 g/mol. The number of hydrogen-bond acceptors (Lipinski definition) is 3. The van der Waals surface area contributed by atoms with Gasteiger partial charge in [-0.3, -0.25) is 0 Å². The van der Waals surface area contributed by atoms with Gasteiger partial charge in [0.05, 0.1) is 0 Å². The minimum atomic E-state index is 0.528. The molecule has 1 aromatic carbocycles. The zero-order valence-electron chi connectivity index (χ0n) is 10.9. The van der Waals surface area contributed by atoms with Crippen LogP contribution in [0, 0.1) is 4.91 Å². The van der Waals surface area contributed by atoms with Crippen molar-refractivity contribution in [2.45, 2.75) is 33.1 Å². The van der Waals surface area contributed by atoms with Gasteiger partial charge < -0.3 is 4.90 Å². The fourth-order valence-electron chi connectivity index (χ4n) is 2.02. The molecule has 0 bridgehead atoms. The molecule has 0 atom stereocenters. The number of hydrogen-bond donors (Lipinski definition) is 0. The van der Waals surface area contributed by atoms with Crippen LogP contribution < -0.4 is 0 Å². The molecule has 0 saturated heterocycles. The topological polar surface area (TPSA) is 32.7 Å². The van der Waals surface area contributed by atoms with Crippen LogP contribution in [0.5, 0.6) is 0 Å². The molecule has 0 unspecified atom stereocenters. The van der Waals surface area contributed by atoms with E-state index < -0.39 is 0 Å². The molecule has 0 aromatic heterocycles. The third-order valence-corrected chi connectivity index (χ3v) is 2.81. The summed E-state index contributed by atoms with van der Waals surface area (Å²) in [6.45, 7) is 7.78. The van der Waals surface area contributed by atoms with Gasteiger partial charge in [-0.15, -0.1) is 4.91 Å². The van der Waals surface area contributed by atoms with Crippen LogP contribution in [0.3, 0.4) is 0 Å². The van der Waals surface area contributed by atoms with Gasteiger partial charge in [0, 0.05) is 6.54 Å². The van der Waals surface area contributed by atoms with Crippen LogP contribution in [0.4, 0.5) is 5.69 Å². The van der Waals surface area contributed by atoms with E-state index in [9.17, 15) is 4.91 Å². The molecule has 0 aliphatic carbocycles. The summed E-state index contributed by atoms with van der Waals surface area (Å²) in [7, 11) is 0. The third-order valence-electron chi connectivity index (χ3n) is 2.81. The molecule has 94 valence electrons. The summed E-state index contributed by atoms with van der Waals surface area (Å²) in [5, 5.41) is 2.97. The standard InChI is InChI=1S/C14H22N2O/c1-3-9-16(10-4-2)11-8-13-6-5-7-14(12-13)15-17/h5-7,12H,3-4,8-11H2,1-2H3. The Labute approximate surface area is 104 Å². The molecule has 0 amide bonds. The molecule has 3 nitrogen and oxygen atoms in total. The number of rotatable bonds is 8. The summed E-state index contributed by atoms with van der Waals surface area (Å²) in [4.78, 5) is 12.9. The number of nitrogens with zero attached hydrogens (tertiary/aromatic N) is 2. The first-order valence-corrected chi connectivity index (χ1v) is 6.44. The molecule has 0 aliphatic heterocycles. The molecule has 0 fully saturated rings. The second kappa shape index (κ2) is 7.96. The lowest BCUT2D eigenvalue weighted by Crippen LogP contribution is -2.27. The number of benzene rings is 1. The second-order valence-electron chi connectivity index (χ2n) is 4.35. The van der Waals surface area contributed by atoms with Crippen LogP contribution in [0.15, 0.2) is 29.4 Å². The van der Waals surface area contributed by atoms with Crippen molar-refractivity contribution in [1.29, 1.82) is 0 Å². The summed E-state index contributed by atoms with van der Waals surface area (Å²) in [5.41, 5.74) is 1.72. The van der Waals surface area contributed by atoms with Crippen LogP contribution in [0.1, 0.15) is 32.3 Å². The van der Waals surface area contributed by atoms with Gasteiger partial charge in [-0.05, 0) is 55.2 Å². The zero-order chi connectivity index (χ0) is 12.5. The van der Waals surface area contributed by atoms with E-state index in [2.05, 4.69) is 30.0 Å². The highest BCUT2D eigenvalue weighted by Crippen LogP contribution is 2.14. The Morgan fingerprint density at radius 3 is 2.41 bits per heavy atom. The molecule has 0 saturated carbocycles. The Hall–Kier alpha value is -1.22. The molecule has 0 N–H and O–H groups in total. The van der Waals surface area contributed by atoms with Crippen LogP contribution in [0.2, 0.25) is 0 Å². The quantitative estimate of drug-likeness (QED) is 0.642. The average molecular weight is 234 g/mol. The maximum absolute atomic E-state index is 10.4. The van der Waals surface area contributed by atoms with E-state index in [1.54, 1.807) is 6.07 Å². The van der Waals surface area contributed by atoms with Crippen molar-refractivity contribution < 1.29 is 0 Å². The predicted molar refractivity (Wildman–Crippen MR) is 72.6 cm³/mol. The molecule has 0 spiro atoms. The van der Waals surface area contributed by atoms with Crippen LogP contribution in [-0.2, 0) is 6.42 Å². The summed E-state index contributed by atoms with van der Waals surface area (Å²) in [6.07, 6.45) is 3.37. The lowest BCUT2D eigenvalue weighted by atomic mass is 10.1. The lowest BCUT2D eigenvalue weighted by molar-refractivity contribution is 0.278. The Bertz CT molecular complexity index is 333. The monoisotopic (exact) mass is 234 g/mol. The first kappa shape index (κ1) is 13.8. The summed E-state index contributed by atoms with van der Waals surface area (Å²) >= 11 is 0. The highest BCUT2D eigenvalue weighted by atomic mass is 16.3. The molecule has 0 aliphatic rings. The molecule has 17 heavy (non-hydrogen) atoms. The fraction of sp³-hybridized carbons (Fsp3) is 0.571. The first-order chi connectivity index (χ1) is 8.30. The van der Waals surface area contributed by atoms with Gasteiger partial charge in [-0.2, -0.15) is 0 Å². The molecule has 1 rings (SSSR count). The Morgan fingerprint density at radius 2 is 1.82 bits per heavy atom. The normalized spacial score (nSPS) is 10.8. The van der Waals surface area contributed by atoms with Gasteiger partial charge in [-0.25, -0.2) is 0 Å². The van der Waals surface area contributed by atoms with Gasteiger partial charge in [0.2, 0.25) is 0 Å². The average Bonchev–Trinajstić information content (AvgIpc) is 2.37. The van der Waals surface area contributed by atoms with Crippen LogP contribution in [0.25, 0.3) is 0 Å². The van der Waals surface area contributed by atoms with E-state index >= 15 is 0 Å². The lowest BCUT2D eigenvalue weighted by Gasteiger charge is -2.20. The van der Waals surface area contributed by atoms with E-state index in [1.165, 1.54) is 18.4 Å². The maximum atomic E-state index is 10.4. The Balaban J connectivity index is 2.49. The van der Waals surface area contributed by atoms with Gasteiger partial charge in [0.15, 0.2) is 0 Å². The largest absolute Gasteiger partial charge is 0.303 e. The Morgan fingerprint density at radius 1 is 1.12 bits per heavy atom. The van der Waals surface area contributed by atoms with E-state index in [0.717, 1.165) is 26.1 Å². The fourth-order valence-corrected chi connectivity index (χ4v) is 2.02. The van der Waals surface area contributed by atoms with E-state index in [-0.39, 0.29) is 0 Å². The van der Waals surface area contributed by atoms with Crippen molar-refractivity contribution in [3.8, 4) is 0 Å². The van der Waals surface area contributed by atoms with Crippen molar-refractivity contribution in [2.75, 3.05) is 19.6 Å². The third kappa shape index (κ3) is 5.09. The molecule has 0 radical (unpaired) electrons. The molecular formula is C14H22N2O. The minimum Gasteiger partial charge on any atom is -0.303 e. The van der Waals surface area contributed by atoms with Crippen molar-refractivity contribution in [2.24, 2.45) is 5.18 Å². The van der Waals surface area contributed by atoms with Gasteiger partial charge in [-0.1, -0.05) is 26.0 Å². The van der Waals surface area contributed by atoms with Crippen molar-refractivity contribution in [1.82, 2.24) is 4.90 Å². The van der Waals surface area contributed by atoms with Gasteiger partial charge in [0.1, 0.15) is 5.69 Å². The maximum Gasteiger partial charge on any atom is 0.108 e. The van der Waals surface area contributed by atoms with Crippen LogP contribution in [-0.4, -0.2) is 24.5 Å². The Kier molecular flexibility index (Phi) is 6.48. The highest BCUT2D eigenvalue weighted by Gasteiger charge is 2.03. The summed E-state index contributed by atoms with van der Waals surface area (Å²) in [5.74, 6) is 0. The zero-order valence-corrected chi connectivity index (χ0v) is 10.9. The molecule has 1 aromatic rings.